The van der Waals surface area contributed by atoms with Gasteiger partial charge in [-0.15, -0.1) is 0 Å². The maximum Gasteiger partial charge on any atom is 0.0967 e. The van der Waals surface area contributed by atoms with E-state index in [4.69, 9.17) is 0 Å². The van der Waals surface area contributed by atoms with Gasteiger partial charge in [0.2, 0.25) is 0 Å². The zero-order chi connectivity index (χ0) is 8.81. The lowest BCUT2D eigenvalue weighted by atomic mass is 10.2. The monoisotopic (exact) mass is 183 g/mol. The van der Waals surface area contributed by atoms with E-state index in [9.17, 15) is 5.11 Å². The third-order valence-corrected chi connectivity index (χ3v) is 2.27. The third kappa shape index (κ3) is 2.83. The summed E-state index contributed by atoms with van der Waals surface area (Å²) >= 11 is 1.74. The van der Waals surface area contributed by atoms with Gasteiger partial charge in [-0.2, -0.15) is 11.8 Å². The first-order valence-corrected chi connectivity index (χ1v) is 5.32. The Morgan fingerprint density at radius 3 is 3.00 bits per heavy atom. The van der Waals surface area contributed by atoms with Gasteiger partial charge in [-0.05, 0) is 30.6 Å². The molecule has 1 atom stereocenters. The van der Waals surface area contributed by atoms with Crippen molar-refractivity contribution in [2.75, 3.05) is 12.0 Å². The highest BCUT2D eigenvalue weighted by atomic mass is 32.2. The Hall–Kier alpha value is -0.540. The maximum absolute atomic E-state index is 9.58. The molecule has 0 aromatic carbocycles. The minimum atomic E-state index is -0.404. The van der Waals surface area contributed by atoms with Crippen molar-refractivity contribution in [2.24, 2.45) is 0 Å². The van der Waals surface area contributed by atoms with E-state index in [0.717, 1.165) is 17.9 Å². The van der Waals surface area contributed by atoms with Crippen molar-refractivity contribution in [3.05, 3.63) is 30.1 Å². The lowest BCUT2D eigenvalue weighted by molar-refractivity contribution is 0.170. The molecule has 1 unspecified atom stereocenters. The van der Waals surface area contributed by atoms with Gasteiger partial charge in [0.25, 0.3) is 0 Å². The van der Waals surface area contributed by atoms with Crippen molar-refractivity contribution in [2.45, 2.75) is 12.5 Å². The standard InChI is InChI=1S/C9H13NOS/c1-12-7-5-9(11)8-4-2-3-6-10-8/h2-4,6,9,11H,5,7H2,1H3. The third-order valence-electron chi connectivity index (χ3n) is 1.62. The second kappa shape index (κ2) is 5.17. The van der Waals surface area contributed by atoms with Gasteiger partial charge in [0, 0.05) is 6.20 Å². The average Bonchev–Trinajstić information content (AvgIpc) is 2.15. The van der Waals surface area contributed by atoms with E-state index >= 15 is 0 Å². The summed E-state index contributed by atoms with van der Waals surface area (Å²) < 4.78 is 0. The van der Waals surface area contributed by atoms with Crippen LogP contribution in [0.1, 0.15) is 18.2 Å². The van der Waals surface area contributed by atoms with Crippen molar-refractivity contribution in [1.29, 1.82) is 0 Å². The van der Waals surface area contributed by atoms with Crippen molar-refractivity contribution >= 4 is 11.8 Å². The molecular weight excluding hydrogens is 170 g/mol. The molecule has 1 rings (SSSR count). The molecule has 1 aromatic rings. The van der Waals surface area contributed by atoms with Crippen molar-refractivity contribution in [1.82, 2.24) is 4.98 Å². The topological polar surface area (TPSA) is 33.1 Å². The lowest BCUT2D eigenvalue weighted by Gasteiger charge is -2.07. The Bertz CT molecular complexity index is 215. The van der Waals surface area contributed by atoms with Crippen LogP contribution in [0, 0.1) is 0 Å². The summed E-state index contributed by atoms with van der Waals surface area (Å²) in [6, 6.07) is 5.60. The maximum atomic E-state index is 9.58. The van der Waals surface area contributed by atoms with E-state index in [1.54, 1.807) is 18.0 Å². The van der Waals surface area contributed by atoms with Crippen LogP contribution in [0.25, 0.3) is 0 Å². The Labute approximate surface area is 77.0 Å². The number of hydrogen-bond donors (Lipinski definition) is 1. The van der Waals surface area contributed by atoms with E-state index in [1.807, 2.05) is 24.5 Å². The molecule has 0 aliphatic rings. The van der Waals surface area contributed by atoms with Crippen LogP contribution in [-0.2, 0) is 0 Å². The number of aliphatic hydroxyl groups excluding tert-OH is 1. The van der Waals surface area contributed by atoms with Gasteiger partial charge in [-0.25, -0.2) is 0 Å². The number of aromatic nitrogens is 1. The van der Waals surface area contributed by atoms with Gasteiger partial charge in [0.15, 0.2) is 0 Å². The minimum absolute atomic E-state index is 0.404. The van der Waals surface area contributed by atoms with E-state index in [0.29, 0.717) is 0 Å². The number of thioether (sulfide) groups is 1. The molecule has 0 radical (unpaired) electrons. The highest BCUT2D eigenvalue weighted by molar-refractivity contribution is 7.98. The molecule has 0 spiro atoms. The summed E-state index contributed by atoms with van der Waals surface area (Å²) in [5.74, 6) is 0.970. The van der Waals surface area contributed by atoms with E-state index in [-0.39, 0.29) is 0 Å². The van der Waals surface area contributed by atoms with Crippen molar-refractivity contribution in [3.8, 4) is 0 Å². The van der Waals surface area contributed by atoms with Crippen molar-refractivity contribution < 1.29 is 5.11 Å². The number of aliphatic hydroxyl groups is 1. The molecule has 66 valence electrons. The molecule has 0 amide bonds. The molecule has 1 heterocycles. The van der Waals surface area contributed by atoms with E-state index in [1.165, 1.54) is 0 Å². The van der Waals surface area contributed by atoms with Crippen LogP contribution in [0.4, 0.5) is 0 Å². The molecule has 0 bridgehead atoms. The van der Waals surface area contributed by atoms with Crippen LogP contribution in [0.2, 0.25) is 0 Å². The molecular formula is C9H13NOS. The smallest absolute Gasteiger partial charge is 0.0967 e. The second-order valence-corrected chi connectivity index (χ2v) is 3.54. The van der Waals surface area contributed by atoms with Gasteiger partial charge in [-0.1, -0.05) is 6.07 Å². The number of pyridine rings is 1. The van der Waals surface area contributed by atoms with E-state index < -0.39 is 6.10 Å². The predicted octanol–water partition coefficient (Wildman–Crippen LogP) is 1.87. The molecule has 1 N–H and O–H groups in total. The fourth-order valence-corrected chi connectivity index (χ4v) is 1.41. The minimum Gasteiger partial charge on any atom is -0.387 e. The molecule has 0 aliphatic carbocycles. The Kier molecular flexibility index (Phi) is 4.11. The molecule has 3 heteroatoms. The highest BCUT2D eigenvalue weighted by Crippen LogP contribution is 2.14. The lowest BCUT2D eigenvalue weighted by Crippen LogP contribution is -2.00. The quantitative estimate of drug-likeness (QED) is 0.773. The first kappa shape index (κ1) is 9.55. The SMILES string of the molecule is CSCCC(O)c1ccccn1. The number of rotatable bonds is 4. The zero-order valence-electron chi connectivity index (χ0n) is 7.10. The Balaban J connectivity index is 2.48. The summed E-state index contributed by atoms with van der Waals surface area (Å²) in [4.78, 5) is 4.07. The van der Waals surface area contributed by atoms with Gasteiger partial charge < -0.3 is 5.11 Å². The molecule has 1 aromatic heterocycles. The zero-order valence-corrected chi connectivity index (χ0v) is 7.92. The largest absolute Gasteiger partial charge is 0.387 e. The molecule has 12 heavy (non-hydrogen) atoms. The molecule has 0 saturated carbocycles. The predicted molar refractivity (Wildman–Crippen MR) is 52.2 cm³/mol. The number of hydrogen-bond acceptors (Lipinski definition) is 3. The van der Waals surface area contributed by atoms with Crippen LogP contribution < -0.4 is 0 Å². The summed E-state index contributed by atoms with van der Waals surface area (Å²) in [6.07, 6.45) is 4.11. The van der Waals surface area contributed by atoms with E-state index in [2.05, 4.69) is 4.98 Å². The summed E-state index contributed by atoms with van der Waals surface area (Å²) in [5, 5.41) is 9.58. The van der Waals surface area contributed by atoms with Crippen LogP contribution >= 0.6 is 11.8 Å². The molecule has 0 saturated heterocycles. The molecule has 0 aliphatic heterocycles. The number of nitrogens with zero attached hydrogens (tertiary/aromatic N) is 1. The Morgan fingerprint density at radius 2 is 2.42 bits per heavy atom. The summed E-state index contributed by atoms with van der Waals surface area (Å²) in [5.41, 5.74) is 0.770. The molecule has 0 fully saturated rings. The van der Waals surface area contributed by atoms with Gasteiger partial charge >= 0.3 is 0 Å². The van der Waals surface area contributed by atoms with Gasteiger partial charge in [-0.3, -0.25) is 4.98 Å². The first-order valence-electron chi connectivity index (χ1n) is 3.92. The normalized spacial score (nSPS) is 12.8. The van der Waals surface area contributed by atoms with Crippen LogP contribution in [0.5, 0.6) is 0 Å². The van der Waals surface area contributed by atoms with Gasteiger partial charge in [0.1, 0.15) is 0 Å². The molecule has 2 nitrogen and oxygen atoms in total. The summed E-state index contributed by atoms with van der Waals surface area (Å²) in [6.45, 7) is 0. The fourth-order valence-electron chi connectivity index (χ4n) is 0.950. The fraction of sp³-hybridized carbons (Fsp3) is 0.444. The van der Waals surface area contributed by atoms with Crippen molar-refractivity contribution in [3.63, 3.8) is 0 Å². The first-order chi connectivity index (χ1) is 5.84. The average molecular weight is 183 g/mol. The summed E-state index contributed by atoms with van der Waals surface area (Å²) in [7, 11) is 0. The second-order valence-electron chi connectivity index (χ2n) is 2.55. The van der Waals surface area contributed by atoms with Crippen LogP contribution in [0.15, 0.2) is 24.4 Å². The Morgan fingerprint density at radius 1 is 1.58 bits per heavy atom. The van der Waals surface area contributed by atoms with Gasteiger partial charge in [0.05, 0.1) is 11.8 Å². The highest BCUT2D eigenvalue weighted by Gasteiger charge is 2.06. The van der Waals surface area contributed by atoms with Crippen LogP contribution in [0.3, 0.4) is 0 Å². The van der Waals surface area contributed by atoms with Crippen LogP contribution in [-0.4, -0.2) is 22.1 Å².